The largest absolute Gasteiger partial charge is 0.493 e. The fourth-order valence-electron chi connectivity index (χ4n) is 6.67. The van der Waals surface area contributed by atoms with Crippen molar-refractivity contribution in [3.63, 3.8) is 0 Å². The monoisotopic (exact) mass is 727 g/mol. The predicted octanol–water partition coefficient (Wildman–Crippen LogP) is 2.90. The normalized spacial score (nSPS) is 19.9. The van der Waals surface area contributed by atoms with Gasteiger partial charge in [-0.1, -0.05) is 48.5 Å². The number of aryl methyl sites for hydroxylation is 1. The first-order valence-electron chi connectivity index (χ1n) is 18.1. The van der Waals surface area contributed by atoms with Crippen molar-refractivity contribution >= 4 is 29.5 Å². The van der Waals surface area contributed by atoms with Crippen molar-refractivity contribution in [2.75, 3.05) is 47.0 Å². The van der Waals surface area contributed by atoms with E-state index in [9.17, 15) is 24.0 Å². The van der Waals surface area contributed by atoms with Crippen LogP contribution in [0.3, 0.4) is 0 Å². The molecule has 0 aliphatic carbocycles. The standard InChI is InChI=1S/C40H49N5O8/c1-4-52-34-19-18-28(23-35(34)51-3)14-10-20-41-39(49)31-24-37(47)45-21-11-16-32(45)40(50)44(2)25-36(46)42-29(22-27-12-6-5-7-13-27)26-53-33-17-9-8-15-30(33)38(48)43-31/h5-9,12-13,15,17-19,23,29,31-32H,4,10-11,14,16,20-22,24-26H2,1-3H3,(H,41,49)(H,42,46)(H,43,48)/t29-,31+,32-/m1/s1. The van der Waals surface area contributed by atoms with Gasteiger partial charge in [-0.2, -0.15) is 0 Å². The Morgan fingerprint density at radius 3 is 2.51 bits per heavy atom. The van der Waals surface area contributed by atoms with Crippen LogP contribution in [0.5, 0.6) is 17.2 Å². The lowest BCUT2D eigenvalue weighted by molar-refractivity contribution is -0.145. The first-order chi connectivity index (χ1) is 25.7. The van der Waals surface area contributed by atoms with Gasteiger partial charge in [0.15, 0.2) is 11.5 Å². The van der Waals surface area contributed by atoms with Crippen molar-refractivity contribution in [2.24, 2.45) is 0 Å². The molecule has 2 heterocycles. The van der Waals surface area contributed by atoms with Crippen LogP contribution >= 0.6 is 0 Å². The van der Waals surface area contributed by atoms with Gasteiger partial charge in [0, 0.05) is 20.1 Å². The fourth-order valence-corrected chi connectivity index (χ4v) is 6.67. The number of amides is 5. The Morgan fingerprint density at radius 1 is 0.962 bits per heavy atom. The molecule has 0 aromatic heterocycles. The number of nitrogens with zero attached hydrogens (tertiary/aromatic N) is 2. The lowest BCUT2D eigenvalue weighted by atomic mass is 10.1. The van der Waals surface area contributed by atoms with Crippen molar-refractivity contribution in [3.05, 3.63) is 89.5 Å². The maximum absolute atomic E-state index is 13.8. The molecule has 1 fully saturated rings. The summed E-state index contributed by atoms with van der Waals surface area (Å²) in [6, 6.07) is 19.4. The molecule has 3 aromatic rings. The highest BCUT2D eigenvalue weighted by Gasteiger charge is 2.38. The highest BCUT2D eigenvalue weighted by Crippen LogP contribution is 2.28. The highest BCUT2D eigenvalue weighted by molar-refractivity contribution is 6.01. The summed E-state index contributed by atoms with van der Waals surface area (Å²) >= 11 is 0. The molecule has 0 unspecified atom stereocenters. The Hall–Kier alpha value is -5.59. The van der Waals surface area contributed by atoms with E-state index in [0.717, 1.165) is 11.1 Å². The molecule has 2 aliphatic heterocycles. The van der Waals surface area contributed by atoms with E-state index in [1.807, 2.05) is 55.5 Å². The molecule has 2 aliphatic rings. The van der Waals surface area contributed by atoms with Gasteiger partial charge in [0.2, 0.25) is 23.6 Å². The van der Waals surface area contributed by atoms with Crippen LogP contribution in [0.2, 0.25) is 0 Å². The number of likely N-dealkylation sites (N-methyl/N-ethyl adjacent to an activating group) is 1. The minimum atomic E-state index is -1.23. The molecule has 3 N–H and O–H groups in total. The molecule has 53 heavy (non-hydrogen) atoms. The second kappa shape index (κ2) is 18.8. The van der Waals surface area contributed by atoms with Crippen molar-refractivity contribution in [3.8, 4) is 17.2 Å². The number of carbonyl (C=O) groups excluding carboxylic acids is 5. The third-order valence-corrected chi connectivity index (χ3v) is 9.35. The van der Waals surface area contributed by atoms with Gasteiger partial charge in [0.05, 0.1) is 38.3 Å². The van der Waals surface area contributed by atoms with E-state index in [-0.39, 0.29) is 49.2 Å². The molecule has 3 aromatic carbocycles. The van der Waals surface area contributed by atoms with Gasteiger partial charge in [-0.25, -0.2) is 0 Å². The van der Waals surface area contributed by atoms with Crippen LogP contribution in [-0.4, -0.2) is 104 Å². The van der Waals surface area contributed by atoms with Gasteiger partial charge in [-0.3, -0.25) is 24.0 Å². The number of nitrogens with one attached hydrogen (secondary N) is 3. The smallest absolute Gasteiger partial charge is 0.255 e. The zero-order valence-corrected chi connectivity index (χ0v) is 30.6. The van der Waals surface area contributed by atoms with Crippen molar-refractivity contribution in [2.45, 2.75) is 63.6 Å². The molecule has 5 amide bonds. The zero-order chi connectivity index (χ0) is 37.7. The van der Waals surface area contributed by atoms with Gasteiger partial charge >= 0.3 is 0 Å². The number of hydrogen-bond donors (Lipinski definition) is 3. The molecule has 0 radical (unpaired) electrons. The molecule has 1 saturated heterocycles. The average molecular weight is 728 g/mol. The summed E-state index contributed by atoms with van der Waals surface area (Å²) in [6.45, 7) is 2.83. The SMILES string of the molecule is CCOc1ccc(CCCNC(=O)[C@@H]2CC(=O)N3CCC[C@@H]3C(=O)N(C)CC(=O)N[C@H](Cc3ccccc3)COc3ccccc3C(=O)N2)cc1OC. The van der Waals surface area contributed by atoms with Gasteiger partial charge in [-0.15, -0.1) is 0 Å². The van der Waals surface area contributed by atoms with E-state index >= 15 is 0 Å². The molecule has 3 atom stereocenters. The van der Waals surface area contributed by atoms with Crippen LogP contribution in [0.4, 0.5) is 0 Å². The summed E-state index contributed by atoms with van der Waals surface area (Å²) in [5, 5.41) is 8.65. The predicted molar refractivity (Wildman–Crippen MR) is 198 cm³/mol. The molecule has 282 valence electrons. The number of para-hydroxylation sites is 1. The van der Waals surface area contributed by atoms with Crippen LogP contribution < -0.4 is 30.2 Å². The number of benzene rings is 3. The third kappa shape index (κ3) is 10.5. The first kappa shape index (κ1) is 38.6. The summed E-state index contributed by atoms with van der Waals surface area (Å²) in [6.07, 6.45) is 2.32. The topological polar surface area (TPSA) is 156 Å². The summed E-state index contributed by atoms with van der Waals surface area (Å²) in [5.41, 5.74) is 2.14. The van der Waals surface area contributed by atoms with Crippen molar-refractivity contribution in [1.82, 2.24) is 25.8 Å². The van der Waals surface area contributed by atoms with E-state index in [0.29, 0.717) is 56.8 Å². The summed E-state index contributed by atoms with van der Waals surface area (Å²) in [4.78, 5) is 70.9. The lowest BCUT2D eigenvalue weighted by Crippen LogP contribution is -2.53. The number of rotatable bonds is 10. The maximum Gasteiger partial charge on any atom is 0.255 e. The highest BCUT2D eigenvalue weighted by atomic mass is 16.5. The molecule has 0 spiro atoms. The van der Waals surface area contributed by atoms with Gasteiger partial charge in [-0.05, 0) is 74.4 Å². The van der Waals surface area contributed by atoms with E-state index in [4.69, 9.17) is 14.2 Å². The number of fused-ring (bicyclic) bond motifs is 2. The molecule has 0 bridgehead atoms. The Labute approximate surface area is 310 Å². The van der Waals surface area contributed by atoms with Gasteiger partial charge < -0.3 is 40.0 Å². The van der Waals surface area contributed by atoms with Crippen LogP contribution in [0.15, 0.2) is 72.8 Å². The molecular formula is C40H49N5O8. The summed E-state index contributed by atoms with van der Waals surface area (Å²) in [5.74, 6) is -0.784. The van der Waals surface area contributed by atoms with Crippen molar-refractivity contribution in [1.29, 1.82) is 0 Å². The minimum absolute atomic E-state index is 0.0294. The molecular weight excluding hydrogens is 678 g/mol. The van der Waals surface area contributed by atoms with Gasteiger partial charge in [0.25, 0.3) is 5.91 Å². The van der Waals surface area contributed by atoms with Crippen LogP contribution in [0, 0.1) is 0 Å². The van der Waals surface area contributed by atoms with Crippen molar-refractivity contribution < 1.29 is 38.2 Å². The molecule has 0 saturated carbocycles. The Balaban J connectivity index is 1.35. The van der Waals surface area contributed by atoms with Gasteiger partial charge in [0.1, 0.15) is 24.4 Å². The quantitative estimate of drug-likeness (QED) is 0.270. The number of ether oxygens (including phenoxy) is 3. The second-order valence-electron chi connectivity index (χ2n) is 13.2. The van der Waals surface area contributed by atoms with E-state index < -0.39 is 35.8 Å². The summed E-state index contributed by atoms with van der Waals surface area (Å²) in [7, 11) is 3.12. The van der Waals surface area contributed by atoms with E-state index in [1.165, 1.54) is 16.8 Å². The first-order valence-corrected chi connectivity index (χ1v) is 18.1. The molecule has 13 nitrogen and oxygen atoms in total. The number of hydrogen-bond acceptors (Lipinski definition) is 8. The Kier molecular flexibility index (Phi) is 13.7. The Bertz CT molecular complexity index is 1750. The summed E-state index contributed by atoms with van der Waals surface area (Å²) < 4.78 is 17.2. The number of methoxy groups -OCH3 is 1. The van der Waals surface area contributed by atoms with E-state index in [1.54, 1.807) is 31.4 Å². The van der Waals surface area contributed by atoms with Crippen LogP contribution in [0.25, 0.3) is 0 Å². The Morgan fingerprint density at radius 2 is 1.74 bits per heavy atom. The molecule has 13 heteroatoms. The maximum atomic E-state index is 13.8. The lowest BCUT2D eigenvalue weighted by Gasteiger charge is -2.29. The van der Waals surface area contributed by atoms with E-state index in [2.05, 4.69) is 16.0 Å². The molecule has 5 rings (SSSR count). The fraction of sp³-hybridized carbons (Fsp3) is 0.425. The van der Waals surface area contributed by atoms with Crippen LogP contribution in [0.1, 0.15) is 54.1 Å². The second-order valence-corrected chi connectivity index (χ2v) is 13.2. The van der Waals surface area contributed by atoms with Crippen LogP contribution in [-0.2, 0) is 32.0 Å². The average Bonchev–Trinajstić information content (AvgIpc) is 3.66. The third-order valence-electron chi connectivity index (χ3n) is 9.35. The number of carbonyl (C=O) groups is 5. The zero-order valence-electron chi connectivity index (χ0n) is 30.6. The minimum Gasteiger partial charge on any atom is -0.493 e.